The van der Waals surface area contributed by atoms with Gasteiger partial charge in [-0.1, -0.05) is 18.0 Å². The molecule has 1 aromatic carbocycles. The van der Waals surface area contributed by atoms with Gasteiger partial charge in [-0.15, -0.1) is 0 Å². The number of carbonyl (C=O) groups excluding carboxylic acids is 2. The number of nitrogens with zero attached hydrogens (tertiary/aromatic N) is 2. The van der Waals surface area contributed by atoms with Crippen molar-refractivity contribution in [3.63, 3.8) is 0 Å². The minimum Gasteiger partial charge on any atom is -0.397 e. The van der Waals surface area contributed by atoms with E-state index in [0.717, 1.165) is 25.2 Å². The predicted molar refractivity (Wildman–Crippen MR) is 109 cm³/mol. The first kappa shape index (κ1) is 19.7. The van der Waals surface area contributed by atoms with Gasteiger partial charge >= 0.3 is 0 Å². The number of hydrogen-bond acceptors (Lipinski definition) is 4. The zero-order valence-electron chi connectivity index (χ0n) is 15.9. The van der Waals surface area contributed by atoms with Crippen molar-refractivity contribution >= 4 is 39.9 Å². The number of ketones is 1. The third-order valence-electron chi connectivity index (χ3n) is 5.12. The van der Waals surface area contributed by atoms with E-state index in [4.69, 9.17) is 17.3 Å². The van der Waals surface area contributed by atoms with E-state index in [2.05, 4.69) is 10.2 Å². The Hall–Kier alpha value is -2.05. The lowest BCUT2D eigenvalue weighted by molar-refractivity contribution is -0.117. The van der Waals surface area contributed by atoms with Crippen LogP contribution in [0.1, 0.15) is 49.5 Å². The SMILES string of the molecule is CC(C)n1cc(C(=O)C(=O)NCCN2CCCCC2)c2cc(Cl)c(N)cc21. The van der Waals surface area contributed by atoms with E-state index >= 15 is 0 Å². The number of rotatable bonds is 6. The van der Waals surface area contributed by atoms with Crippen LogP contribution in [-0.2, 0) is 4.79 Å². The Morgan fingerprint density at radius 1 is 1.22 bits per heavy atom. The normalized spacial score (nSPS) is 15.4. The fraction of sp³-hybridized carbons (Fsp3) is 0.500. The fourth-order valence-electron chi connectivity index (χ4n) is 3.61. The third kappa shape index (κ3) is 4.28. The first-order chi connectivity index (χ1) is 12.9. The van der Waals surface area contributed by atoms with Crippen molar-refractivity contribution in [3.8, 4) is 0 Å². The molecular formula is C20H27ClN4O2. The number of anilines is 1. The molecule has 146 valence electrons. The van der Waals surface area contributed by atoms with E-state index in [-0.39, 0.29) is 6.04 Å². The number of benzene rings is 1. The molecule has 1 aromatic heterocycles. The van der Waals surface area contributed by atoms with Crippen LogP contribution in [0.4, 0.5) is 5.69 Å². The highest BCUT2D eigenvalue weighted by atomic mass is 35.5. The lowest BCUT2D eigenvalue weighted by atomic mass is 10.1. The molecular weight excluding hydrogens is 364 g/mol. The van der Waals surface area contributed by atoms with Gasteiger partial charge in [-0.25, -0.2) is 0 Å². The molecule has 1 aliphatic rings. The molecule has 27 heavy (non-hydrogen) atoms. The topological polar surface area (TPSA) is 80.4 Å². The average molecular weight is 391 g/mol. The smallest absolute Gasteiger partial charge is 0.292 e. The summed E-state index contributed by atoms with van der Waals surface area (Å²) in [4.78, 5) is 27.5. The number of aromatic nitrogens is 1. The Balaban J connectivity index is 1.76. The minimum atomic E-state index is -0.581. The first-order valence-electron chi connectivity index (χ1n) is 9.53. The van der Waals surface area contributed by atoms with Crippen molar-refractivity contribution in [2.24, 2.45) is 0 Å². The molecule has 0 radical (unpaired) electrons. The van der Waals surface area contributed by atoms with Crippen molar-refractivity contribution in [2.75, 3.05) is 31.9 Å². The standard InChI is InChI=1S/C20H27ClN4O2/c1-13(2)25-12-15(14-10-16(21)17(22)11-18(14)25)19(26)20(27)23-6-9-24-7-4-3-5-8-24/h10-13H,3-9,22H2,1-2H3,(H,23,27). The van der Waals surface area contributed by atoms with Crippen LogP contribution in [0.15, 0.2) is 18.3 Å². The first-order valence-corrected chi connectivity index (χ1v) is 9.90. The second-order valence-electron chi connectivity index (χ2n) is 7.42. The molecule has 1 fully saturated rings. The van der Waals surface area contributed by atoms with Gasteiger partial charge in [0, 0.05) is 30.7 Å². The summed E-state index contributed by atoms with van der Waals surface area (Å²) >= 11 is 6.15. The number of likely N-dealkylation sites (tertiary alicyclic amines) is 1. The van der Waals surface area contributed by atoms with Gasteiger partial charge in [-0.2, -0.15) is 0 Å². The van der Waals surface area contributed by atoms with Crippen LogP contribution in [0.5, 0.6) is 0 Å². The monoisotopic (exact) mass is 390 g/mol. The summed E-state index contributed by atoms with van der Waals surface area (Å²) < 4.78 is 1.94. The Bertz CT molecular complexity index is 853. The van der Waals surface area contributed by atoms with E-state index in [0.29, 0.717) is 28.2 Å². The number of Topliss-reactive ketones (excluding diaryl/α,β-unsaturated/α-hetero) is 1. The molecule has 1 amide bonds. The van der Waals surface area contributed by atoms with E-state index in [1.807, 2.05) is 18.4 Å². The Labute approximate surface area is 164 Å². The Kier molecular flexibility index (Phi) is 6.07. The van der Waals surface area contributed by atoms with Crippen LogP contribution in [0, 0.1) is 0 Å². The van der Waals surface area contributed by atoms with Gasteiger partial charge in [-0.05, 0) is 51.9 Å². The van der Waals surface area contributed by atoms with Gasteiger partial charge < -0.3 is 20.5 Å². The van der Waals surface area contributed by atoms with Gasteiger partial charge in [0.2, 0.25) is 0 Å². The maximum atomic E-state index is 12.8. The lowest BCUT2D eigenvalue weighted by Gasteiger charge is -2.26. The number of nitrogens with two attached hydrogens (primary N) is 1. The van der Waals surface area contributed by atoms with Crippen LogP contribution in [0.2, 0.25) is 5.02 Å². The zero-order valence-corrected chi connectivity index (χ0v) is 16.7. The Morgan fingerprint density at radius 2 is 1.93 bits per heavy atom. The summed E-state index contributed by atoms with van der Waals surface area (Å²) in [7, 11) is 0. The molecule has 1 saturated heterocycles. The second-order valence-corrected chi connectivity index (χ2v) is 7.83. The maximum Gasteiger partial charge on any atom is 0.292 e. The number of hydrogen-bond donors (Lipinski definition) is 2. The van der Waals surface area contributed by atoms with Crippen molar-refractivity contribution in [1.82, 2.24) is 14.8 Å². The van der Waals surface area contributed by atoms with Crippen LogP contribution >= 0.6 is 11.6 Å². The molecule has 0 unspecified atom stereocenters. The van der Waals surface area contributed by atoms with Crippen LogP contribution in [0.25, 0.3) is 10.9 Å². The summed E-state index contributed by atoms with van der Waals surface area (Å²) in [5.41, 5.74) is 7.54. The lowest BCUT2D eigenvalue weighted by Crippen LogP contribution is -2.39. The molecule has 0 atom stereocenters. The van der Waals surface area contributed by atoms with Crippen molar-refractivity contribution in [1.29, 1.82) is 0 Å². The number of amides is 1. The van der Waals surface area contributed by atoms with Gasteiger partial charge in [0.25, 0.3) is 11.7 Å². The highest BCUT2D eigenvalue weighted by Crippen LogP contribution is 2.31. The molecule has 0 saturated carbocycles. The molecule has 3 N–H and O–H groups in total. The molecule has 7 heteroatoms. The highest BCUT2D eigenvalue weighted by Gasteiger charge is 2.23. The summed E-state index contributed by atoms with van der Waals surface area (Å²) in [5, 5.41) is 3.79. The van der Waals surface area contributed by atoms with Gasteiger partial charge in [0.15, 0.2) is 0 Å². The fourth-order valence-corrected chi connectivity index (χ4v) is 3.77. The number of nitrogen functional groups attached to an aromatic ring is 1. The average Bonchev–Trinajstić information content (AvgIpc) is 3.01. The Morgan fingerprint density at radius 3 is 2.59 bits per heavy atom. The van der Waals surface area contributed by atoms with E-state index in [1.54, 1.807) is 18.3 Å². The van der Waals surface area contributed by atoms with E-state index < -0.39 is 11.7 Å². The summed E-state index contributed by atoms with van der Waals surface area (Å²) in [6, 6.07) is 3.54. The van der Waals surface area contributed by atoms with E-state index in [1.165, 1.54) is 19.3 Å². The number of fused-ring (bicyclic) bond motifs is 1. The summed E-state index contributed by atoms with van der Waals surface area (Å²) in [6.07, 6.45) is 5.39. The van der Waals surface area contributed by atoms with Crippen molar-refractivity contribution in [2.45, 2.75) is 39.2 Å². The van der Waals surface area contributed by atoms with Crippen molar-refractivity contribution < 1.29 is 9.59 Å². The number of piperidine rings is 1. The van der Waals surface area contributed by atoms with E-state index in [9.17, 15) is 9.59 Å². The second kappa shape index (κ2) is 8.31. The third-order valence-corrected chi connectivity index (χ3v) is 5.45. The van der Waals surface area contributed by atoms with Crippen LogP contribution < -0.4 is 11.1 Å². The number of halogens is 1. The molecule has 2 heterocycles. The van der Waals surface area contributed by atoms with Crippen LogP contribution in [0.3, 0.4) is 0 Å². The van der Waals surface area contributed by atoms with Crippen molar-refractivity contribution in [3.05, 3.63) is 28.9 Å². The molecule has 0 aliphatic carbocycles. The van der Waals surface area contributed by atoms with Gasteiger partial charge in [-0.3, -0.25) is 9.59 Å². The van der Waals surface area contributed by atoms with Gasteiger partial charge in [0.05, 0.1) is 21.8 Å². The zero-order chi connectivity index (χ0) is 19.6. The molecule has 2 aromatic rings. The number of nitrogens with one attached hydrogen (secondary N) is 1. The van der Waals surface area contributed by atoms with Gasteiger partial charge in [0.1, 0.15) is 0 Å². The number of carbonyl (C=O) groups is 2. The molecule has 3 rings (SSSR count). The molecule has 1 aliphatic heterocycles. The predicted octanol–water partition coefficient (Wildman–Crippen LogP) is 3.24. The largest absolute Gasteiger partial charge is 0.397 e. The summed E-state index contributed by atoms with van der Waals surface area (Å²) in [5.74, 6) is -1.12. The summed E-state index contributed by atoms with van der Waals surface area (Å²) in [6.45, 7) is 7.39. The quantitative estimate of drug-likeness (QED) is 0.450. The van der Waals surface area contributed by atoms with Crippen LogP contribution in [-0.4, -0.2) is 47.3 Å². The molecule has 0 bridgehead atoms. The minimum absolute atomic E-state index is 0.122. The maximum absolute atomic E-state index is 12.8. The highest BCUT2D eigenvalue weighted by molar-refractivity contribution is 6.45. The molecule has 6 nitrogen and oxygen atoms in total. The molecule has 0 spiro atoms.